The van der Waals surface area contributed by atoms with Crippen molar-refractivity contribution in [2.24, 2.45) is 5.92 Å². The topological polar surface area (TPSA) is 78.1 Å². The van der Waals surface area contributed by atoms with E-state index in [4.69, 9.17) is 4.74 Å². The van der Waals surface area contributed by atoms with Crippen LogP contribution < -0.4 is 4.74 Å². The molecule has 1 aliphatic rings. The molecular weight excluding hydrogens is 400 g/mol. The molecule has 5 nitrogen and oxygen atoms in total. The summed E-state index contributed by atoms with van der Waals surface area (Å²) in [5, 5.41) is 12.7. The Morgan fingerprint density at radius 1 is 0.844 bits per heavy atom. The first-order valence-corrected chi connectivity index (χ1v) is 10.8. The highest BCUT2D eigenvalue weighted by molar-refractivity contribution is 6.05. The maximum atomic E-state index is 13.9. The first-order chi connectivity index (χ1) is 15.6. The summed E-state index contributed by atoms with van der Waals surface area (Å²) in [4.78, 5) is 20.6. The Bertz CT molecular complexity index is 1400. The highest BCUT2D eigenvalue weighted by atomic mass is 16.5. The third-order valence-electron chi connectivity index (χ3n) is 6.64. The monoisotopic (exact) mass is 422 g/mol. The lowest BCUT2D eigenvalue weighted by Crippen LogP contribution is -2.40. The van der Waals surface area contributed by atoms with Gasteiger partial charge in [-0.05, 0) is 42.3 Å². The number of H-pyrrole nitrogens is 2. The Balaban J connectivity index is 1.61. The molecule has 3 heterocycles. The van der Waals surface area contributed by atoms with E-state index in [0.717, 1.165) is 32.9 Å². The second kappa shape index (κ2) is 7.02. The lowest BCUT2D eigenvalue weighted by Gasteiger charge is -2.35. The molecule has 3 N–H and O–H groups in total. The molecule has 2 atom stereocenters. The predicted molar refractivity (Wildman–Crippen MR) is 124 cm³/mol. The number of hydrogen-bond donors (Lipinski definition) is 3. The van der Waals surface area contributed by atoms with Gasteiger partial charge >= 0.3 is 0 Å². The molecular formula is C27H22N2O3. The number of nitrogens with one attached hydrogen (secondary N) is 2. The molecule has 0 unspecified atom stereocenters. The van der Waals surface area contributed by atoms with E-state index in [2.05, 4.69) is 22.1 Å². The number of benzene rings is 3. The number of aromatic hydroxyl groups is 1. The van der Waals surface area contributed by atoms with Crippen molar-refractivity contribution in [2.75, 3.05) is 0 Å². The van der Waals surface area contributed by atoms with E-state index in [1.54, 1.807) is 18.2 Å². The molecule has 0 spiro atoms. The molecule has 0 saturated heterocycles. The van der Waals surface area contributed by atoms with Crippen molar-refractivity contribution in [2.45, 2.75) is 18.9 Å². The molecule has 1 aliphatic heterocycles. The lowest BCUT2D eigenvalue weighted by molar-refractivity contribution is 0.0664. The number of ketones is 1. The van der Waals surface area contributed by atoms with Crippen LogP contribution >= 0.6 is 0 Å². The molecule has 32 heavy (non-hydrogen) atoms. The van der Waals surface area contributed by atoms with Crippen molar-refractivity contribution in [1.82, 2.24) is 9.97 Å². The van der Waals surface area contributed by atoms with Crippen LogP contribution in [0, 0.1) is 5.92 Å². The molecule has 3 aromatic carbocycles. The van der Waals surface area contributed by atoms with Gasteiger partial charge < -0.3 is 19.8 Å². The van der Waals surface area contributed by atoms with Crippen LogP contribution in [-0.4, -0.2) is 27.0 Å². The second-order valence-corrected chi connectivity index (χ2v) is 8.42. The fourth-order valence-corrected chi connectivity index (χ4v) is 5.20. The van der Waals surface area contributed by atoms with Gasteiger partial charge in [-0.1, -0.05) is 42.5 Å². The molecule has 5 heteroatoms. The van der Waals surface area contributed by atoms with E-state index in [1.807, 2.05) is 55.7 Å². The number of ether oxygens (including phenoxy) is 1. The molecule has 5 aromatic rings. The number of para-hydroxylation sites is 2. The Labute approximate surface area is 184 Å². The van der Waals surface area contributed by atoms with Crippen molar-refractivity contribution < 1.29 is 14.6 Å². The maximum absolute atomic E-state index is 13.9. The van der Waals surface area contributed by atoms with Crippen LogP contribution in [0.25, 0.3) is 21.8 Å². The Hall–Kier alpha value is -3.99. The van der Waals surface area contributed by atoms with Crippen LogP contribution in [0.2, 0.25) is 0 Å². The van der Waals surface area contributed by atoms with Crippen molar-refractivity contribution >= 4 is 27.6 Å². The number of hydrogen-bond acceptors (Lipinski definition) is 3. The van der Waals surface area contributed by atoms with Gasteiger partial charge in [-0.25, -0.2) is 0 Å². The number of carbonyl (C=O) groups is 1. The zero-order chi connectivity index (χ0) is 21.8. The molecule has 158 valence electrons. The number of phenolic OH excluding ortho intramolecular Hbond substituents is 1. The SMILES string of the molecule is C[C@H]1Oc2cccc(O)c2C(=O)[C@@H]1C(c1c[nH]c2ccccc12)c1c[nH]c2ccccc12. The summed E-state index contributed by atoms with van der Waals surface area (Å²) >= 11 is 0. The van der Waals surface area contributed by atoms with Crippen molar-refractivity contribution in [3.8, 4) is 11.5 Å². The zero-order valence-electron chi connectivity index (χ0n) is 17.5. The number of carbonyl (C=O) groups excluding carboxylic acids is 1. The number of Topliss-reactive ketones (excluding diaryl/α,β-unsaturated/α-hetero) is 1. The molecule has 0 amide bonds. The number of aromatic amines is 2. The van der Waals surface area contributed by atoms with Gasteiger partial charge in [0.2, 0.25) is 0 Å². The highest BCUT2D eigenvalue weighted by Crippen LogP contribution is 2.47. The van der Waals surface area contributed by atoms with Crippen molar-refractivity contribution in [1.29, 1.82) is 0 Å². The van der Waals surface area contributed by atoms with Gasteiger partial charge in [0.15, 0.2) is 5.78 Å². The summed E-state index contributed by atoms with van der Waals surface area (Å²) in [6.45, 7) is 1.94. The van der Waals surface area contributed by atoms with Gasteiger partial charge in [0.25, 0.3) is 0 Å². The van der Waals surface area contributed by atoms with Crippen LogP contribution in [0.15, 0.2) is 79.1 Å². The summed E-state index contributed by atoms with van der Waals surface area (Å²) in [6.07, 6.45) is 3.62. The summed E-state index contributed by atoms with van der Waals surface area (Å²) in [5.74, 6) is -0.472. The number of fused-ring (bicyclic) bond motifs is 3. The number of aromatic nitrogens is 2. The number of rotatable bonds is 3. The first-order valence-electron chi connectivity index (χ1n) is 10.8. The van der Waals surface area contributed by atoms with E-state index in [0.29, 0.717) is 5.75 Å². The van der Waals surface area contributed by atoms with Gasteiger partial charge in [-0.3, -0.25) is 4.79 Å². The van der Waals surface area contributed by atoms with Crippen LogP contribution in [0.1, 0.15) is 34.3 Å². The van der Waals surface area contributed by atoms with Gasteiger partial charge in [0.05, 0.1) is 5.92 Å². The van der Waals surface area contributed by atoms with E-state index in [1.165, 1.54) is 0 Å². The summed E-state index contributed by atoms with van der Waals surface area (Å²) in [7, 11) is 0. The van der Waals surface area contributed by atoms with Crippen LogP contribution in [0.4, 0.5) is 0 Å². The molecule has 0 radical (unpaired) electrons. The van der Waals surface area contributed by atoms with E-state index >= 15 is 0 Å². The molecule has 2 aromatic heterocycles. The molecule has 6 rings (SSSR count). The minimum absolute atomic E-state index is 0.0407. The fraction of sp³-hybridized carbons (Fsp3) is 0.148. The molecule has 0 saturated carbocycles. The normalized spacial score (nSPS) is 18.2. The van der Waals surface area contributed by atoms with Gasteiger partial charge in [0.1, 0.15) is 23.2 Å². The van der Waals surface area contributed by atoms with Crippen molar-refractivity contribution in [3.63, 3.8) is 0 Å². The Kier molecular flexibility index (Phi) is 4.12. The molecule has 0 bridgehead atoms. The fourth-order valence-electron chi connectivity index (χ4n) is 5.20. The quantitative estimate of drug-likeness (QED) is 0.346. The largest absolute Gasteiger partial charge is 0.507 e. The van der Waals surface area contributed by atoms with Gasteiger partial charge in [-0.2, -0.15) is 0 Å². The lowest BCUT2D eigenvalue weighted by atomic mass is 9.73. The van der Waals surface area contributed by atoms with E-state index < -0.39 is 5.92 Å². The molecule has 0 aliphatic carbocycles. The number of phenols is 1. The van der Waals surface area contributed by atoms with Crippen LogP contribution in [-0.2, 0) is 0 Å². The van der Waals surface area contributed by atoms with Crippen LogP contribution in [0.3, 0.4) is 0 Å². The van der Waals surface area contributed by atoms with E-state index in [9.17, 15) is 9.90 Å². The predicted octanol–water partition coefficient (Wildman–Crippen LogP) is 5.77. The average Bonchev–Trinajstić information content (AvgIpc) is 3.41. The minimum Gasteiger partial charge on any atom is -0.507 e. The second-order valence-electron chi connectivity index (χ2n) is 8.42. The van der Waals surface area contributed by atoms with E-state index in [-0.39, 0.29) is 29.1 Å². The minimum atomic E-state index is -0.505. The Morgan fingerprint density at radius 2 is 1.44 bits per heavy atom. The average molecular weight is 422 g/mol. The zero-order valence-corrected chi connectivity index (χ0v) is 17.5. The third-order valence-corrected chi connectivity index (χ3v) is 6.64. The standard InChI is InChI=1S/C27H22N2O3/c1-15-24(27(31)26-22(30)11-6-12-23(26)32-15)25(18-13-28-20-9-4-2-7-16(18)20)19-14-29-21-10-5-3-8-17(19)21/h2-15,24-25,28-30H,1H3/t15-,24+/m1/s1. The summed E-state index contributed by atoms with van der Waals surface area (Å²) < 4.78 is 6.20. The van der Waals surface area contributed by atoms with Crippen molar-refractivity contribution in [3.05, 3.63) is 95.8 Å². The summed E-state index contributed by atoms with van der Waals surface area (Å²) in [6, 6.07) is 21.2. The summed E-state index contributed by atoms with van der Waals surface area (Å²) in [5.41, 5.74) is 4.39. The molecule has 0 fully saturated rings. The van der Waals surface area contributed by atoms with Gasteiger partial charge in [-0.15, -0.1) is 0 Å². The maximum Gasteiger partial charge on any atom is 0.178 e. The van der Waals surface area contributed by atoms with Crippen LogP contribution in [0.5, 0.6) is 11.5 Å². The first kappa shape index (κ1) is 18.8. The Morgan fingerprint density at radius 3 is 2.06 bits per heavy atom. The van der Waals surface area contributed by atoms with Gasteiger partial charge in [0, 0.05) is 40.1 Å². The highest BCUT2D eigenvalue weighted by Gasteiger charge is 2.44. The smallest absolute Gasteiger partial charge is 0.178 e. The third kappa shape index (κ3) is 2.67.